The molecule has 0 aliphatic heterocycles. The fraction of sp³-hybridized carbons (Fsp3) is 0.407. The van der Waals surface area contributed by atoms with Gasteiger partial charge in [-0.25, -0.2) is 0 Å². The van der Waals surface area contributed by atoms with E-state index < -0.39 is 5.97 Å². The molecule has 5 nitrogen and oxygen atoms in total. The predicted octanol–water partition coefficient (Wildman–Crippen LogP) is 6.36. The van der Waals surface area contributed by atoms with Gasteiger partial charge in [0, 0.05) is 48.0 Å². The molecule has 176 valence electrons. The van der Waals surface area contributed by atoms with Crippen molar-refractivity contribution in [2.45, 2.75) is 52.6 Å². The summed E-state index contributed by atoms with van der Waals surface area (Å²) in [7, 11) is 1.95. The molecule has 1 heterocycles. The zero-order chi connectivity index (χ0) is 24.0. The van der Waals surface area contributed by atoms with Gasteiger partial charge in [0.15, 0.2) is 5.78 Å². The molecule has 3 aromatic rings. The molecule has 6 heteroatoms. The molecule has 0 bridgehead atoms. The summed E-state index contributed by atoms with van der Waals surface area (Å²) in [6.07, 6.45) is 3.03. The number of aliphatic carboxylic acids is 1. The summed E-state index contributed by atoms with van der Waals surface area (Å²) >= 11 is 6.05. The molecule has 0 saturated heterocycles. The standard InChI is InChI=1S/C27H32ClNO4/c1-18-10-11-23-22(13-18)27(25(30)14-19(2)15-26(31)32)24(29(23)3)17-33-12-5-4-7-20-8-6-9-21(28)16-20/h6,8-11,13,16,19H,4-5,7,12,14-15,17H2,1-3H3,(H,31,32)/t19-/m0/s1. The Hall–Kier alpha value is -2.63. The molecule has 2 aromatic carbocycles. The first kappa shape index (κ1) is 25.0. The number of carbonyl (C=O) groups excluding carboxylic acids is 1. The number of benzene rings is 2. The normalized spacial score (nSPS) is 12.2. The highest BCUT2D eigenvalue weighted by molar-refractivity contribution is 6.30. The number of aryl methyl sites for hydroxylation is 3. The maximum Gasteiger partial charge on any atom is 0.303 e. The first-order valence-electron chi connectivity index (χ1n) is 11.4. The van der Waals surface area contributed by atoms with Crippen LogP contribution >= 0.6 is 11.6 Å². The van der Waals surface area contributed by atoms with Crippen LogP contribution in [0.5, 0.6) is 0 Å². The molecule has 3 rings (SSSR count). The highest BCUT2D eigenvalue weighted by Gasteiger charge is 2.23. The number of rotatable bonds is 12. The van der Waals surface area contributed by atoms with Crippen molar-refractivity contribution in [3.05, 3.63) is 69.9 Å². The first-order valence-corrected chi connectivity index (χ1v) is 11.8. The summed E-state index contributed by atoms with van der Waals surface area (Å²) < 4.78 is 8.01. The van der Waals surface area contributed by atoms with Gasteiger partial charge in [-0.1, -0.05) is 42.3 Å². The number of ketones is 1. The Bertz CT molecular complexity index is 1130. The van der Waals surface area contributed by atoms with E-state index in [4.69, 9.17) is 21.4 Å². The molecule has 0 spiro atoms. The van der Waals surface area contributed by atoms with E-state index in [9.17, 15) is 9.59 Å². The van der Waals surface area contributed by atoms with Gasteiger partial charge in [0.05, 0.1) is 12.3 Å². The van der Waals surface area contributed by atoms with E-state index in [1.807, 2.05) is 54.9 Å². The van der Waals surface area contributed by atoms with Crippen molar-refractivity contribution in [3.63, 3.8) is 0 Å². The van der Waals surface area contributed by atoms with Gasteiger partial charge in [0.25, 0.3) is 0 Å². The Labute approximate surface area is 200 Å². The number of unbranched alkanes of at least 4 members (excludes halogenated alkanes) is 1. The Morgan fingerprint density at radius 1 is 1.12 bits per heavy atom. The van der Waals surface area contributed by atoms with E-state index in [1.54, 1.807) is 6.92 Å². The van der Waals surface area contributed by atoms with Gasteiger partial charge in [-0.2, -0.15) is 0 Å². The van der Waals surface area contributed by atoms with Crippen LogP contribution in [0.4, 0.5) is 0 Å². The lowest BCUT2D eigenvalue weighted by atomic mass is 9.95. The van der Waals surface area contributed by atoms with Gasteiger partial charge in [-0.05, 0) is 61.9 Å². The van der Waals surface area contributed by atoms with Crippen molar-refractivity contribution in [3.8, 4) is 0 Å². The average molecular weight is 470 g/mol. The van der Waals surface area contributed by atoms with E-state index in [1.165, 1.54) is 5.56 Å². The number of halogens is 1. The molecule has 33 heavy (non-hydrogen) atoms. The number of Topliss-reactive ketones (excluding diaryl/α,β-unsaturated/α-hetero) is 1. The van der Waals surface area contributed by atoms with Crippen molar-refractivity contribution in [1.29, 1.82) is 0 Å². The molecule has 1 atom stereocenters. The Morgan fingerprint density at radius 3 is 2.64 bits per heavy atom. The first-order chi connectivity index (χ1) is 15.8. The number of carbonyl (C=O) groups is 2. The third-order valence-electron chi connectivity index (χ3n) is 5.94. The Balaban J connectivity index is 1.68. The number of ether oxygens (including phenoxy) is 1. The van der Waals surface area contributed by atoms with E-state index >= 15 is 0 Å². The molecular weight excluding hydrogens is 438 g/mol. The topological polar surface area (TPSA) is 68.5 Å². The van der Waals surface area contributed by atoms with Crippen molar-refractivity contribution in [2.75, 3.05) is 6.61 Å². The number of aromatic nitrogens is 1. The molecule has 1 N–H and O–H groups in total. The summed E-state index contributed by atoms with van der Waals surface area (Å²) in [6, 6.07) is 14.0. The van der Waals surface area contributed by atoms with E-state index in [0.29, 0.717) is 18.8 Å². The minimum absolute atomic E-state index is 0.0198. The molecular formula is C27H32ClNO4. The minimum atomic E-state index is -0.884. The predicted molar refractivity (Wildman–Crippen MR) is 132 cm³/mol. The van der Waals surface area contributed by atoms with Gasteiger partial charge < -0.3 is 14.4 Å². The van der Waals surface area contributed by atoms with Crippen molar-refractivity contribution < 1.29 is 19.4 Å². The number of hydrogen-bond donors (Lipinski definition) is 1. The monoisotopic (exact) mass is 469 g/mol. The molecule has 0 amide bonds. The van der Waals surface area contributed by atoms with Crippen LogP contribution in [0.1, 0.15) is 59.8 Å². The molecule has 0 saturated carbocycles. The summed E-state index contributed by atoms with van der Waals surface area (Å²) in [5.41, 5.74) is 4.78. The van der Waals surface area contributed by atoms with E-state index in [2.05, 4.69) is 6.07 Å². The number of hydrogen-bond acceptors (Lipinski definition) is 3. The van der Waals surface area contributed by atoms with E-state index in [0.717, 1.165) is 46.4 Å². The van der Waals surface area contributed by atoms with Crippen LogP contribution in [0.15, 0.2) is 42.5 Å². The van der Waals surface area contributed by atoms with Crippen LogP contribution in [0.3, 0.4) is 0 Å². The lowest BCUT2D eigenvalue weighted by Crippen LogP contribution is -2.13. The van der Waals surface area contributed by atoms with Crippen molar-refractivity contribution in [2.24, 2.45) is 13.0 Å². The third-order valence-corrected chi connectivity index (χ3v) is 6.18. The quantitative estimate of drug-likeness (QED) is 0.247. The summed E-state index contributed by atoms with van der Waals surface area (Å²) in [5, 5.41) is 10.7. The highest BCUT2D eigenvalue weighted by Crippen LogP contribution is 2.29. The number of carboxylic acid groups (broad SMARTS) is 1. The zero-order valence-corrected chi connectivity index (χ0v) is 20.3. The lowest BCUT2D eigenvalue weighted by Gasteiger charge is -2.11. The molecule has 0 unspecified atom stereocenters. The molecule has 0 radical (unpaired) electrons. The second kappa shape index (κ2) is 11.5. The minimum Gasteiger partial charge on any atom is -0.481 e. The maximum absolute atomic E-state index is 13.2. The van der Waals surface area contributed by atoms with Gasteiger partial charge in [0.2, 0.25) is 0 Å². The largest absolute Gasteiger partial charge is 0.481 e. The molecule has 0 aliphatic rings. The van der Waals surface area contributed by atoms with Gasteiger partial charge >= 0.3 is 5.97 Å². The smallest absolute Gasteiger partial charge is 0.303 e. The average Bonchev–Trinajstić information content (AvgIpc) is 3.01. The summed E-state index contributed by atoms with van der Waals surface area (Å²) in [6.45, 7) is 4.75. The van der Waals surface area contributed by atoms with Crippen LogP contribution < -0.4 is 0 Å². The number of fused-ring (bicyclic) bond motifs is 1. The fourth-order valence-corrected chi connectivity index (χ4v) is 4.49. The number of nitrogens with zero attached hydrogens (tertiary/aromatic N) is 1. The van der Waals surface area contributed by atoms with Gasteiger partial charge in [-0.15, -0.1) is 0 Å². The molecule has 0 fully saturated rings. The van der Waals surface area contributed by atoms with Crippen molar-refractivity contribution in [1.82, 2.24) is 4.57 Å². The van der Waals surface area contributed by atoms with Crippen LogP contribution in [-0.2, 0) is 29.6 Å². The zero-order valence-electron chi connectivity index (χ0n) is 19.6. The second-order valence-electron chi connectivity index (χ2n) is 8.87. The highest BCUT2D eigenvalue weighted by atomic mass is 35.5. The lowest BCUT2D eigenvalue weighted by molar-refractivity contribution is -0.137. The van der Waals surface area contributed by atoms with Gasteiger partial charge in [-0.3, -0.25) is 9.59 Å². The van der Waals surface area contributed by atoms with Gasteiger partial charge in [0.1, 0.15) is 0 Å². The Morgan fingerprint density at radius 2 is 1.91 bits per heavy atom. The second-order valence-corrected chi connectivity index (χ2v) is 9.31. The SMILES string of the molecule is Cc1ccc2c(c1)c(C(=O)C[C@H](C)CC(=O)O)c(COCCCCc1cccc(Cl)c1)n2C. The van der Waals surface area contributed by atoms with Crippen LogP contribution in [0, 0.1) is 12.8 Å². The van der Waals surface area contributed by atoms with Crippen molar-refractivity contribution >= 4 is 34.3 Å². The maximum atomic E-state index is 13.2. The van der Waals surface area contributed by atoms with Crippen LogP contribution in [0.2, 0.25) is 5.02 Å². The summed E-state index contributed by atoms with van der Waals surface area (Å²) in [5.74, 6) is -1.14. The number of carboxylic acids is 1. The van der Waals surface area contributed by atoms with Crippen LogP contribution in [0.25, 0.3) is 10.9 Å². The fourth-order valence-electron chi connectivity index (χ4n) is 4.27. The third kappa shape index (κ3) is 6.68. The van der Waals surface area contributed by atoms with Crippen LogP contribution in [-0.4, -0.2) is 28.0 Å². The molecule has 1 aromatic heterocycles. The summed E-state index contributed by atoms with van der Waals surface area (Å²) in [4.78, 5) is 24.3. The Kier molecular flexibility index (Phi) is 8.70. The molecule has 0 aliphatic carbocycles. The van der Waals surface area contributed by atoms with E-state index in [-0.39, 0.29) is 24.5 Å².